The molecule has 27 heavy (non-hydrogen) atoms. The number of alkyl halides is 3. The molecule has 10 heteroatoms. The summed E-state index contributed by atoms with van der Waals surface area (Å²) >= 11 is 0. The van der Waals surface area contributed by atoms with Gasteiger partial charge in [0.05, 0.1) is 0 Å². The van der Waals surface area contributed by atoms with Gasteiger partial charge >= 0.3 is 12.3 Å². The first-order valence-electron chi connectivity index (χ1n) is 7.91. The summed E-state index contributed by atoms with van der Waals surface area (Å²) in [6, 6.07) is 8.42. The number of carbonyl (C=O) groups excluding carboxylic acids is 2. The molecule has 1 aliphatic heterocycles. The highest BCUT2D eigenvalue weighted by Gasteiger charge is 2.36. The zero-order valence-electron chi connectivity index (χ0n) is 13.8. The Kier molecular flexibility index (Phi) is 4.89. The molecule has 2 aromatic rings. The van der Waals surface area contributed by atoms with Gasteiger partial charge in [-0.05, 0) is 24.6 Å². The zero-order chi connectivity index (χ0) is 19.6. The fraction of sp³-hybridized carbons (Fsp3) is 0.235. The number of aromatic nitrogens is 1. The first-order valence-corrected chi connectivity index (χ1v) is 7.91. The van der Waals surface area contributed by atoms with Gasteiger partial charge in [-0.15, -0.1) is 13.2 Å². The summed E-state index contributed by atoms with van der Waals surface area (Å²) in [6.07, 6.45) is -3.43. The van der Waals surface area contributed by atoms with E-state index in [0.29, 0.717) is 4.73 Å². The molecule has 1 unspecified atom stereocenters. The van der Waals surface area contributed by atoms with Crippen LogP contribution in [0.1, 0.15) is 16.9 Å². The van der Waals surface area contributed by atoms with Crippen LogP contribution in [-0.4, -0.2) is 30.8 Å². The Labute approximate surface area is 151 Å². The molecular weight excluding hydrogens is 367 g/mol. The molecule has 2 amide bonds. The molecular formula is C17H14F3N3O4. The van der Waals surface area contributed by atoms with Gasteiger partial charge in [-0.25, -0.2) is 0 Å². The van der Waals surface area contributed by atoms with Gasteiger partial charge in [-0.1, -0.05) is 6.07 Å². The number of nitrogens with zero attached hydrogens (tertiary/aromatic N) is 2. The van der Waals surface area contributed by atoms with Crippen LogP contribution in [0.4, 0.5) is 18.9 Å². The second-order valence-corrected chi connectivity index (χ2v) is 5.76. The molecule has 0 aliphatic carbocycles. The molecule has 0 saturated carbocycles. The average Bonchev–Trinajstić information content (AvgIpc) is 2.94. The number of hydrogen-bond acceptors (Lipinski definition) is 4. The molecule has 3 rings (SSSR count). The van der Waals surface area contributed by atoms with Crippen LogP contribution in [-0.2, 0) is 4.79 Å². The van der Waals surface area contributed by atoms with Gasteiger partial charge in [0, 0.05) is 30.4 Å². The molecule has 7 nitrogen and oxygen atoms in total. The fourth-order valence-electron chi connectivity index (χ4n) is 2.76. The van der Waals surface area contributed by atoms with E-state index >= 15 is 0 Å². The van der Waals surface area contributed by atoms with Crippen molar-refractivity contribution in [2.75, 3.05) is 11.4 Å². The minimum atomic E-state index is -4.84. The van der Waals surface area contributed by atoms with Crippen molar-refractivity contribution in [3.05, 3.63) is 59.6 Å². The van der Waals surface area contributed by atoms with E-state index in [-0.39, 0.29) is 24.3 Å². The molecule has 1 aromatic heterocycles. The molecule has 1 atom stereocenters. The standard InChI is InChI=1S/C17H14F3N3O4/c18-17(19,20)27-12-5-3-4-11(10-12)22-9-7-13(16(22)25)21-15(24)14-6-1-2-8-23(14)26/h1-6,8,10,13H,7,9H2,(H,21,24). The van der Waals surface area contributed by atoms with Crippen molar-refractivity contribution in [3.63, 3.8) is 0 Å². The Morgan fingerprint density at radius 1 is 1.26 bits per heavy atom. The third-order valence-corrected chi connectivity index (χ3v) is 3.93. The average molecular weight is 381 g/mol. The van der Waals surface area contributed by atoms with E-state index in [1.54, 1.807) is 0 Å². The van der Waals surface area contributed by atoms with Crippen LogP contribution in [0.15, 0.2) is 48.7 Å². The normalized spacial score (nSPS) is 17.1. The van der Waals surface area contributed by atoms with Crippen LogP contribution in [0.2, 0.25) is 0 Å². The second kappa shape index (κ2) is 7.14. The van der Waals surface area contributed by atoms with E-state index in [0.717, 1.165) is 18.3 Å². The molecule has 2 heterocycles. The van der Waals surface area contributed by atoms with Crippen molar-refractivity contribution in [2.45, 2.75) is 18.8 Å². The summed E-state index contributed by atoms with van der Waals surface area (Å²) in [4.78, 5) is 25.9. The molecule has 1 aromatic carbocycles. The lowest BCUT2D eigenvalue weighted by atomic mass is 10.2. The van der Waals surface area contributed by atoms with E-state index in [1.165, 1.54) is 35.2 Å². The molecule has 0 radical (unpaired) electrons. The summed E-state index contributed by atoms with van der Waals surface area (Å²) in [5, 5.41) is 14.1. The fourth-order valence-corrected chi connectivity index (χ4v) is 2.76. The van der Waals surface area contributed by atoms with Gasteiger partial charge in [-0.2, -0.15) is 4.73 Å². The lowest BCUT2D eigenvalue weighted by molar-refractivity contribution is -0.607. The first kappa shape index (κ1) is 18.5. The summed E-state index contributed by atoms with van der Waals surface area (Å²) in [7, 11) is 0. The second-order valence-electron chi connectivity index (χ2n) is 5.76. The number of pyridine rings is 1. The van der Waals surface area contributed by atoms with Gasteiger partial charge in [0.15, 0.2) is 6.20 Å². The van der Waals surface area contributed by atoms with Gasteiger partial charge < -0.3 is 20.2 Å². The zero-order valence-corrected chi connectivity index (χ0v) is 13.8. The maximum atomic E-state index is 12.5. The van der Waals surface area contributed by atoms with Gasteiger partial charge in [0.2, 0.25) is 5.91 Å². The molecule has 1 fully saturated rings. The van der Waals surface area contributed by atoms with Crippen molar-refractivity contribution in [1.29, 1.82) is 0 Å². The monoisotopic (exact) mass is 381 g/mol. The van der Waals surface area contributed by atoms with Crippen molar-refractivity contribution in [1.82, 2.24) is 5.32 Å². The van der Waals surface area contributed by atoms with Gasteiger partial charge in [-0.3, -0.25) is 9.59 Å². The number of benzene rings is 1. The molecule has 1 saturated heterocycles. The highest BCUT2D eigenvalue weighted by Crippen LogP contribution is 2.29. The van der Waals surface area contributed by atoms with Crippen LogP contribution in [0.25, 0.3) is 0 Å². The molecule has 0 bridgehead atoms. The smallest absolute Gasteiger partial charge is 0.573 e. The Morgan fingerprint density at radius 2 is 2.04 bits per heavy atom. The Hall–Kier alpha value is -3.30. The third-order valence-electron chi connectivity index (χ3n) is 3.93. The van der Waals surface area contributed by atoms with E-state index in [9.17, 15) is 28.0 Å². The maximum Gasteiger partial charge on any atom is 0.573 e. The number of rotatable bonds is 4. The van der Waals surface area contributed by atoms with Crippen molar-refractivity contribution >= 4 is 17.5 Å². The topological polar surface area (TPSA) is 85.6 Å². The number of hydrogen-bond donors (Lipinski definition) is 1. The summed E-state index contributed by atoms with van der Waals surface area (Å²) in [5.74, 6) is -1.64. The lowest BCUT2D eigenvalue weighted by Crippen LogP contribution is -2.46. The minimum absolute atomic E-state index is 0.163. The van der Waals surface area contributed by atoms with Gasteiger partial charge in [0.1, 0.15) is 11.8 Å². The summed E-state index contributed by atoms with van der Waals surface area (Å²) in [6.45, 7) is 0.200. The van der Waals surface area contributed by atoms with Crippen LogP contribution >= 0.6 is 0 Å². The number of amides is 2. The van der Waals surface area contributed by atoms with Crippen molar-refractivity contribution < 1.29 is 32.2 Å². The highest BCUT2D eigenvalue weighted by molar-refractivity contribution is 6.03. The number of nitrogens with one attached hydrogen (secondary N) is 1. The summed E-state index contributed by atoms with van der Waals surface area (Å²) < 4.78 is 41.3. The van der Waals surface area contributed by atoms with Crippen molar-refractivity contribution in [3.8, 4) is 5.75 Å². The summed E-state index contributed by atoms with van der Waals surface area (Å²) in [5.41, 5.74) is 0.0569. The third kappa shape index (κ3) is 4.27. The SMILES string of the molecule is O=C(NC1CCN(c2cccc(OC(F)(F)F)c2)C1=O)c1cccc[n+]1[O-]. The largest absolute Gasteiger partial charge is 0.618 e. The van der Waals surface area contributed by atoms with E-state index in [2.05, 4.69) is 10.1 Å². The van der Waals surface area contributed by atoms with Crippen molar-refractivity contribution in [2.24, 2.45) is 0 Å². The van der Waals surface area contributed by atoms with E-state index < -0.39 is 30.0 Å². The quantitative estimate of drug-likeness (QED) is 0.646. The predicted molar refractivity (Wildman–Crippen MR) is 86.8 cm³/mol. The Morgan fingerprint density at radius 3 is 2.74 bits per heavy atom. The molecule has 0 spiro atoms. The number of ether oxygens (including phenoxy) is 1. The van der Waals surface area contributed by atoms with E-state index in [1.807, 2.05) is 0 Å². The predicted octanol–water partition coefficient (Wildman–Crippen LogP) is 1.75. The number of carbonyl (C=O) groups is 2. The minimum Gasteiger partial charge on any atom is -0.618 e. The number of halogens is 3. The van der Waals surface area contributed by atoms with Gasteiger partial charge in [0.25, 0.3) is 5.69 Å². The van der Waals surface area contributed by atoms with Crippen LogP contribution < -0.4 is 19.7 Å². The van der Waals surface area contributed by atoms with Crippen LogP contribution in [0.5, 0.6) is 5.75 Å². The Balaban J connectivity index is 1.71. The Bertz CT molecular complexity index is 872. The first-order chi connectivity index (χ1) is 12.7. The van der Waals surface area contributed by atoms with Crippen LogP contribution in [0.3, 0.4) is 0 Å². The van der Waals surface area contributed by atoms with E-state index in [4.69, 9.17) is 0 Å². The number of anilines is 1. The molecule has 1 aliphatic rings. The maximum absolute atomic E-state index is 12.5. The molecule has 1 N–H and O–H groups in total. The lowest BCUT2D eigenvalue weighted by Gasteiger charge is -2.18. The molecule has 142 valence electrons. The van der Waals surface area contributed by atoms with Crippen LogP contribution in [0, 0.1) is 5.21 Å². The highest BCUT2D eigenvalue weighted by atomic mass is 19.4.